The monoisotopic (exact) mass is 304 g/mol. The van der Waals surface area contributed by atoms with Crippen LogP contribution >= 0.6 is 12.2 Å². The van der Waals surface area contributed by atoms with Crippen molar-refractivity contribution < 1.29 is 4.79 Å². The summed E-state index contributed by atoms with van der Waals surface area (Å²) in [6, 6.07) is 1.80. The molecule has 1 aromatic rings. The molecule has 5 nitrogen and oxygen atoms in total. The summed E-state index contributed by atoms with van der Waals surface area (Å²) in [5.41, 5.74) is 8.94. The largest absolute Gasteiger partial charge is 0.389 e. The van der Waals surface area contributed by atoms with Crippen molar-refractivity contribution in [3.8, 4) is 0 Å². The Bertz CT molecular complexity index is 587. The van der Waals surface area contributed by atoms with Crippen LogP contribution in [0, 0.1) is 0 Å². The number of aryl methyl sites for hydroxylation is 2. The molecule has 2 aliphatic rings. The summed E-state index contributed by atoms with van der Waals surface area (Å²) in [5, 5.41) is 6.11. The molecule has 1 fully saturated rings. The minimum absolute atomic E-state index is 0.0228. The number of nitrogens with two attached hydrogens (primary N) is 1. The SMILES string of the molecule is NC(=S)c1cc2c(nc1NC1CCCNC1=O)CCCC2. The summed E-state index contributed by atoms with van der Waals surface area (Å²) in [5.74, 6) is 0.680. The van der Waals surface area contributed by atoms with Crippen molar-refractivity contribution >= 4 is 28.9 Å². The molecule has 1 saturated heterocycles. The molecule has 0 saturated carbocycles. The summed E-state index contributed by atoms with van der Waals surface area (Å²) < 4.78 is 0. The van der Waals surface area contributed by atoms with Gasteiger partial charge >= 0.3 is 0 Å². The van der Waals surface area contributed by atoms with Crippen LogP contribution in [0.3, 0.4) is 0 Å². The van der Waals surface area contributed by atoms with Crippen LogP contribution in [-0.4, -0.2) is 28.5 Å². The molecule has 2 heterocycles. The Morgan fingerprint density at radius 1 is 1.38 bits per heavy atom. The Balaban J connectivity index is 1.92. The van der Waals surface area contributed by atoms with Gasteiger partial charge in [0.1, 0.15) is 16.8 Å². The highest BCUT2D eigenvalue weighted by Gasteiger charge is 2.24. The van der Waals surface area contributed by atoms with Crippen molar-refractivity contribution in [1.29, 1.82) is 0 Å². The number of amides is 1. The van der Waals surface area contributed by atoms with Crippen molar-refractivity contribution in [3.63, 3.8) is 0 Å². The fraction of sp³-hybridized carbons (Fsp3) is 0.533. The van der Waals surface area contributed by atoms with E-state index in [0.29, 0.717) is 10.8 Å². The summed E-state index contributed by atoms with van der Waals surface area (Å²) in [6.07, 6.45) is 6.14. The quantitative estimate of drug-likeness (QED) is 0.733. The minimum atomic E-state index is -0.249. The predicted octanol–water partition coefficient (Wildman–Crippen LogP) is 1.29. The number of anilines is 1. The van der Waals surface area contributed by atoms with E-state index in [2.05, 4.69) is 10.6 Å². The summed E-state index contributed by atoms with van der Waals surface area (Å²) in [4.78, 5) is 16.9. The molecule has 0 bridgehead atoms. The smallest absolute Gasteiger partial charge is 0.242 e. The molecule has 21 heavy (non-hydrogen) atoms. The lowest BCUT2D eigenvalue weighted by Gasteiger charge is -2.25. The van der Waals surface area contributed by atoms with Crippen LogP contribution in [0.15, 0.2) is 6.07 Å². The lowest BCUT2D eigenvalue weighted by Crippen LogP contribution is -2.44. The van der Waals surface area contributed by atoms with Crippen molar-refractivity contribution in [2.45, 2.75) is 44.6 Å². The molecule has 0 aromatic carbocycles. The molecule has 112 valence electrons. The van der Waals surface area contributed by atoms with E-state index in [1.807, 2.05) is 6.07 Å². The van der Waals surface area contributed by atoms with Gasteiger partial charge in [-0.3, -0.25) is 4.79 Å². The van der Waals surface area contributed by atoms with E-state index in [-0.39, 0.29) is 11.9 Å². The molecular formula is C15H20N4OS. The first-order valence-corrected chi connectivity index (χ1v) is 7.93. The average molecular weight is 304 g/mol. The van der Waals surface area contributed by atoms with E-state index in [4.69, 9.17) is 22.9 Å². The summed E-state index contributed by atoms with van der Waals surface area (Å²) in [7, 11) is 0. The molecule has 0 spiro atoms. The minimum Gasteiger partial charge on any atom is -0.389 e. The lowest BCUT2D eigenvalue weighted by molar-refractivity contribution is -0.123. The van der Waals surface area contributed by atoms with Crippen LogP contribution in [0.2, 0.25) is 0 Å². The number of pyridine rings is 1. The highest BCUT2D eigenvalue weighted by molar-refractivity contribution is 7.80. The molecule has 1 unspecified atom stereocenters. The number of nitrogens with zero attached hydrogens (tertiary/aromatic N) is 1. The normalized spacial score (nSPS) is 21.3. The van der Waals surface area contributed by atoms with Crippen LogP contribution < -0.4 is 16.4 Å². The van der Waals surface area contributed by atoms with Gasteiger partial charge in [-0.1, -0.05) is 12.2 Å². The van der Waals surface area contributed by atoms with Crippen molar-refractivity contribution in [2.24, 2.45) is 5.73 Å². The molecule has 1 atom stereocenters. The van der Waals surface area contributed by atoms with Gasteiger partial charge in [-0.05, 0) is 50.2 Å². The van der Waals surface area contributed by atoms with Gasteiger partial charge in [-0.2, -0.15) is 0 Å². The molecule has 1 aliphatic carbocycles. The van der Waals surface area contributed by atoms with Crippen molar-refractivity contribution in [3.05, 3.63) is 22.9 Å². The number of carbonyl (C=O) groups is 1. The Hall–Kier alpha value is -1.69. The zero-order chi connectivity index (χ0) is 14.8. The highest BCUT2D eigenvalue weighted by Crippen LogP contribution is 2.25. The Kier molecular flexibility index (Phi) is 4.05. The van der Waals surface area contributed by atoms with Crippen LogP contribution in [0.25, 0.3) is 0 Å². The molecule has 1 aromatic heterocycles. The van der Waals surface area contributed by atoms with Gasteiger partial charge in [0.05, 0.1) is 5.56 Å². The number of piperidine rings is 1. The fourth-order valence-electron chi connectivity index (χ4n) is 3.01. The van der Waals surface area contributed by atoms with E-state index in [9.17, 15) is 4.79 Å². The van der Waals surface area contributed by atoms with Gasteiger partial charge < -0.3 is 16.4 Å². The first-order chi connectivity index (χ1) is 10.1. The molecule has 3 rings (SSSR count). The fourth-order valence-corrected chi connectivity index (χ4v) is 3.16. The highest BCUT2D eigenvalue weighted by atomic mass is 32.1. The molecular weight excluding hydrogens is 284 g/mol. The first-order valence-electron chi connectivity index (χ1n) is 7.52. The standard InChI is InChI=1S/C15H20N4OS/c16-13(21)10-8-9-4-1-2-5-11(9)18-14(10)19-12-6-3-7-17-15(12)20/h8,12H,1-7H2,(H2,16,21)(H,17,20)(H,18,19). The van der Waals surface area contributed by atoms with Gasteiger partial charge in [0.15, 0.2) is 0 Å². The topological polar surface area (TPSA) is 80.0 Å². The zero-order valence-corrected chi connectivity index (χ0v) is 12.8. The lowest BCUT2D eigenvalue weighted by atomic mass is 9.94. The summed E-state index contributed by atoms with van der Waals surface area (Å²) >= 11 is 5.15. The van der Waals surface area contributed by atoms with E-state index in [1.165, 1.54) is 12.0 Å². The Labute approximate surface area is 129 Å². The van der Waals surface area contributed by atoms with Gasteiger partial charge in [0, 0.05) is 12.2 Å². The maximum Gasteiger partial charge on any atom is 0.242 e. The number of fused-ring (bicyclic) bond motifs is 1. The second-order valence-corrected chi connectivity index (χ2v) is 6.13. The first kappa shape index (κ1) is 14.3. The van der Waals surface area contributed by atoms with Crippen molar-refractivity contribution in [1.82, 2.24) is 10.3 Å². The van der Waals surface area contributed by atoms with E-state index < -0.39 is 0 Å². The zero-order valence-electron chi connectivity index (χ0n) is 11.9. The second kappa shape index (κ2) is 5.97. The molecule has 0 radical (unpaired) electrons. The van der Waals surface area contributed by atoms with Crippen LogP contribution in [0.4, 0.5) is 5.82 Å². The van der Waals surface area contributed by atoms with Gasteiger partial charge in [0.25, 0.3) is 0 Å². The van der Waals surface area contributed by atoms with E-state index in [0.717, 1.165) is 49.9 Å². The number of rotatable bonds is 3. The van der Waals surface area contributed by atoms with Gasteiger partial charge in [-0.25, -0.2) is 4.98 Å². The molecule has 6 heteroatoms. The van der Waals surface area contributed by atoms with E-state index >= 15 is 0 Å². The van der Waals surface area contributed by atoms with Crippen LogP contribution in [0.1, 0.15) is 42.5 Å². The van der Waals surface area contributed by atoms with Gasteiger partial charge in [0.2, 0.25) is 5.91 Å². The van der Waals surface area contributed by atoms with Crippen molar-refractivity contribution in [2.75, 3.05) is 11.9 Å². The number of hydrogen-bond donors (Lipinski definition) is 3. The predicted molar refractivity (Wildman–Crippen MR) is 86.4 cm³/mol. The maximum absolute atomic E-state index is 11.9. The number of carbonyl (C=O) groups excluding carboxylic acids is 1. The number of nitrogens with one attached hydrogen (secondary N) is 2. The third kappa shape index (κ3) is 3.00. The Morgan fingerprint density at radius 3 is 2.95 bits per heavy atom. The van der Waals surface area contributed by atoms with Crippen LogP contribution in [0.5, 0.6) is 0 Å². The average Bonchev–Trinajstić information content (AvgIpc) is 2.48. The van der Waals surface area contributed by atoms with Crippen LogP contribution in [-0.2, 0) is 17.6 Å². The summed E-state index contributed by atoms with van der Waals surface area (Å²) in [6.45, 7) is 0.747. The number of hydrogen-bond acceptors (Lipinski definition) is 4. The third-order valence-electron chi connectivity index (χ3n) is 4.16. The molecule has 1 amide bonds. The second-order valence-electron chi connectivity index (χ2n) is 5.69. The molecule has 4 N–H and O–H groups in total. The Morgan fingerprint density at radius 2 is 2.19 bits per heavy atom. The third-order valence-corrected chi connectivity index (χ3v) is 4.38. The van der Waals surface area contributed by atoms with Gasteiger partial charge in [-0.15, -0.1) is 0 Å². The number of aromatic nitrogens is 1. The molecule has 1 aliphatic heterocycles. The number of thiocarbonyl (C=S) groups is 1. The maximum atomic E-state index is 11.9. The van der Waals surface area contributed by atoms with E-state index in [1.54, 1.807) is 0 Å².